The zero-order valence-corrected chi connectivity index (χ0v) is 17.1. The number of anilines is 1. The van der Waals surface area contributed by atoms with E-state index in [4.69, 9.17) is 27.4 Å². The van der Waals surface area contributed by atoms with Gasteiger partial charge in [0.15, 0.2) is 22.4 Å². The smallest absolute Gasteiger partial charge is 0.173 e. The second-order valence-electron chi connectivity index (χ2n) is 5.83. The number of rotatable bonds is 5. The molecule has 8 nitrogen and oxygen atoms in total. The zero-order chi connectivity index (χ0) is 20.3. The first-order chi connectivity index (χ1) is 13.3. The lowest BCUT2D eigenvalue weighted by Gasteiger charge is -2.10. The molecule has 0 radical (unpaired) electrons. The summed E-state index contributed by atoms with van der Waals surface area (Å²) in [6, 6.07) is 10.3. The lowest BCUT2D eigenvalue weighted by atomic mass is 10.2. The number of fused-ring (bicyclic) bond motifs is 1. The number of hydrogen-bond donors (Lipinski definition) is 2. The largest absolute Gasteiger partial charge is 0.493 e. The number of aromatic nitrogens is 2. The first kappa shape index (κ1) is 19.8. The van der Waals surface area contributed by atoms with Gasteiger partial charge in [-0.15, -0.1) is 0 Å². The normalized spacial score (nSPS) is 12.8. The van der Waals surface area contributed by atoms with Crippen LogP contribution in [0.1, 0.15) is 0 Å². The summed E-state index contributed by atoms with van der Waals surface area (Å²) >= 11 is 4.81. The van der Waals surface area contributed by atoms with Crippen molar-refractivity contribution in [1.82, 2.24) is 9.97 Å². The number of thiocarbonyl (C=S) groups is 1. The van der Waals surface area contributed by atoms with Crippen LogP contribution in [0.3, 0.4) is 0 Å². The first-order valence-electron chi connectivity index (χ1n) is 8.09. The van der Waals surface area contributed by atoms with Crippen LogP contribution in [0.15, 0.2) is 52.0 Å². The SMILES string of the molecule is COc1cc2ncnc(N=S(C)(=O)c3ccc(NC(N)=S)cc3)c2cc1OC. The molecule has 10 heteroatoms. The average Bonchev–Trinajstić information content (AvgIpc) is 2.67. The van der Waals surface area contributed by atoms with Crippen LogP contribution in [0.2, 0.25) is 0 Å². The Morgan fingerprint density at radius 2 is 1.79 bits per heavy atom. The Bertz CT molecular complexity index is 1160. The lowest BCUT2D eigenvalue weighted by Crippen LogP contribution is -2.18. The fourth-order valence-electron chi connectivity index (χ4n) is 2.59. The molecule has 0 saturated carbocycles. The van der Waals surface area contributed by atoms with Crippen LogP contribution >= 0.6 is 12.2 Å². The summed E-state index contributed by atoms with van der Waals surface area (Å²) in [6.45, 7) is 0. The summed E-state index contributed by atoms with van der Waals surface area (Å²) in [4.78, 5) is 8.99. The van der Waals surface area contributed by atoms with Gasteiger partial charge in [-0.05, 0) is 42.5 Å². The maximum Gasteiger partial charge on any atom is 0.173 e. The predicted molar refractivity (Wildman–Crippen MR) is 114 cm³/mol. The van der Waals surface area contributed by atoms with Gasteiger partial charge in [0.05, 0.1) is 29.5 Å². The van der Waals surface area contributed by atoms with E-state index in [9.17, 15) is 4.21 Å². The van der Waals surface area contributed by atoms with E-state index >= 15 is 0 Å². The number of ether oxygens (including phenoxy) is 2. The lowest BCUT2D eigenvalue weighted by molar-refractivity contribution is 0.356. The summed E-state index contributed by atoms with van der Waals surface area (Å²) in [5, 5.41) is 3.59. The van der Waals surface area contributed by atoms with Crippen molar-refractivity contribution in [2.45, 2.75) is 4.90 Å². The standard InChI is InChI=1S/C18H19N5O3S2/c1-25-15-8-13-14(9-16(15)26-2)20-10-21-17(13)23-28(3,24)12-6-4-11(5-7-12)22-18(19)27/h4-10H,1-3H3,(H3,19,22,27). The summed E-state index contributed by atoms with van der Waals surface area (Å²) < 4.78 is 28.3. The first-order valence-corrected chi connectivity index (χ1v) is 10.4. The highest BCUT2D eigenvalue weighted by molar-refractivity contribution is 7.93. The molecule has 0 aliphatic carbocycles. The second-order valence-corrected chi connectivity index (χ2v) is 8.53. The third-order valence-corrected chi connectivity index (χ3v) is 5.71. The van der Waals surface area contributed by atoms with Crippen LogP contribution in [0, 0.1) is 0 Å². The van der Waals surface area contributed by atoms with Crippen molar-refractivity contribution >= 4 is 49.5 Å². The molecule has 1 atom stereocenters. The van der Waals surface area contributed by atoms with Gasteiger partial charge in [-0.1, -0.05) is 0 Å². The Morgan fingerprint density at radius 1 is 1.14 bits per heavy atom. The van der Waals surface area contributed by atoms with Crippen LogP contribution < -0.4 is 20.5 Å². The molecule has 0 aliphatic heterocycles. The van der Waals surface area contributed by atoms with Crippen molar-refractivity contribution in [3.63, 3.8) is 0 Å². The molecule has 0 amide bonds. The fourth-order valence-corrected chi connectivity index (χ4v) is 3.93. The van der Waals surface area contributed by atoms with Gasteiger partial charge in [-0.2, -0.15) is 4.36 Å². The highest BCUT2D eigenvalue weighted by Gasteiger charge is 2.13. The van der Waals surface area contributed by atoms with E-state index < -0.39 is 9.73 Å². The second kappa shape index (κ2) is 7.95. The van der Waals surface area contributed by atoms with Crippen LogP contribution in [-0.4, -0.2) is 39.8 Å². The molecule has 3 N–H and O–H groups in total. The summed E-state index contributed by atoms with van der Waals surface area (Å²) in [5.41, 5.74) is 6.77. The molecular formula is C18H19N5O3S2. The zero-order valence-electron chi connectivity index (χ0n) is 15.5. The van der Waals surface area contributed by atoms with E-state index in [0.29, 0.717) is 38.8 Å². The monoisotopic (exact) mass is 417 g/mol. The van der Waals surface area contributed by atoms with E-state index in [1.54, 1.807) is 49.8 Å². The van der Waals surface area contributed by atoms with E-state index in [1.165, 1.54) is 13.4 Å². The van der Waals surface area contributed by atoms with Crippen molar-refractivity contribution in [3.8, 4) is 11.5 Å². The molecule has 28 heavy (non-hydrogen) atoms. The fraction of sp³-hybridized carbons (Fsp3) is 0.167. The number of nitrogens with two attached hydrogens (primary N) is 1. The van der Waals surface area contributed by atoms with Crippen molar-refractivity contribution in [1.29, 1.82) is 0 Å². The molecule has 1 unspecified atom stereocenters. The summed E-state index contributed by atoms with van der Waals surface area (Å²) in [6.07, 6.45) is 2.93. The van der Waals surface area contributed by atoms with Gasteiger partial charge < -0.3 is 20.5 Å². The van der Waals surface area contributed by atoms with Crippen LogP contribution in [0.4, 0.5) is 11.5 Å². The number of nitrogens with one attached hydrogen (secondary N) is 1. The topological polar surface area (TPSA) is 112 Å². The van der Waals surface area contributed by atoms with Gasteiger partial charge >= 0.3 is 0 Å². The number of benzene rings is 2. The van der Waals surface area contributed by atoms with Gasteiger partial charge in [-0.25, -0.2) is 14.2 Å². The van der Waals surface area contributed by atoms with Gasteiger partial charge in [0.1, 0.15) is 6.33 Å². The van der Waals surface area contributed by atoms with Gasteiger partial charge in [-0.3, -0.25) is 0 Å². The molecule has 0 spiro atoms. The molecule has 2 aromatic carbocycles. The molecule has 1 aromatic heterocycles. The predicted octanol–water partition coefficient (Wildman–Crippen LogP) is 3.09. The molecule has 3 rings (SSSR count). The van der Waals surface area contributed by atoms with Crippen molar-refractivity contribution < 1.29 is 13.7 Å². The molecule has 1 heterocycles. The molecular weight excluding hydrogens is 398 g/mol. The van der Waals surface area contributed by atoms with E-state index in [0.717, 1.165) is 0 Å². The Hall–Kier alpha value is -2.98. The minimum absolute atomic E-state index is 0.159. The quantitative estimate of drug-likeness (QED) is 0.609. The Balaban J connectivity index is 2.09. The highest BCUT2D eigenvalue weighted by Crippen LogP contribution is 2.35. The molecule has 0 saturated heterocycles. The molecule has 0 fully saturated rings. The molecule has 3 aromatic rings. The third-order valence-electron chi connectivity index (χ3n) is 3.94. The maximum absolute atomic E-state index is 13.3. The Morgan fingerprint density at radius 3 is 2.39 bits per heavy atom. The minimum Gasteiger partial charge on any atom is -0.493 e. The Labute approximate surface area is 168 Å². The van der Waals surface area contributed by atoms with E-state index in [2.05, 4.69) is 19.6 Å². The van der Waals surface area contributed by atoms with Crippen LogP contribution in [0.25, 0.3) is 10.9 Å². The van der Waals surface area contributed by atoms with Crippen molar-refractivity contribution in [2.24, 2.45) is 10.1 Å². The van der Waals surface area contributed by atoms with E-state index in [-0.39, 0.29) is 5.11 Å². The summed E-state index contributed by atoms with van der Waals surface area (Å²) in [5.74, 6) is 1.36. The molecule has 146 valence electrons. The van der Waals surface area contributed by atoms with Crippen molar-refractivity contribution in [3.05, 3.63) is 42.7 Å². The van der Waals surface area contributed by atoms with Crippen LogP contribution in [-0.2, 0) is 9.73 Å². The number of hydrogen-bond acceptors (Lipinski definition) is 7. The Kier molecular flexibility index (Phi) is 5.61. The number of nitrogens with zero attached hydrogens (tertiary/aromatic N) is 3. The third kappa shape index (κ3) is 4.12. The van der Waals surface area contributed by atoms with Gasteiger partial charge in [0.2, 0.25) is 0 Å². The maximum atomic E-state index is 13.3. The van der Waals surface area contributed by atoms with Crippen molar-refractivity contribution in [2.75, 3.05) is 25.8 Å². The molecule has 0 bridgehead atoms. The van der Waals surface area contributed by atoms with Gasteiger partial charge in [0, 0.05) is 28.3 Å². The molecule has 0 aliphatic rings. The number of methoxy groups -OCH3 is 2. The van der Waals surface area contributed by atoms with Gasteiger partial charge in [0.25, 0.3) is 0 Å². The average molecular weight is 418 g/mol. The minimum atomic E-state index is -2.76. The summed E-state index contributed by atoms with van der Waals surface area (Å²) in [7, 11) is 0.320. The van der Waals surface area contributed by atoms with Crippen LogP contribution in [0.5, 0.6) is 11.5 Å². The highest BCUT2D eigenvalue weighted by atomic mass is 32.2. The van der Waals surface area contributed by atoms with E-state index in [1.807, 2.05) is 0 Å².